The van der Waals surface area contributed by atoms with Crippen molar-refractivity contribution in [3.8, 4) is 0 Å². The summed E-state index contributed by atoms with van der Waals surface area (Å²) in [6.45, 7) is 3.15. The van der Waals surface area contributed by atoms with E-state index in [0.717, 1.165) is 12.1 Å². The number of nitrogen functional groups attached to an aromatic ring is 1. The molecule has 0 unspecified atom stereocenters. The van der Waals surface area contributed by atoms with E-state index >= 15 is 0 Å². The van der Waals surface area contributed by atoms with Crippen molar-refractivity contribution in [2.24, 2.45) is 0 Å². The molecule has 88 valence electrons. The molecule has 0 aliphatic heterocycles. The second kappa shape index (κ2) is 4.82. The Kier molecular flexibility index (Phi) is 3.90. The zero-order chi connectivity index (χ0) is 12.3. The van der Waals surface area contributed by atoms with Crippen LogP contribution < -0.4 is 10.5 Å². The third-order valence-electron chi connectivity index (χ3n) is 1.70. The molecule has 0 saturated carbocycles. The number of sulfonamides is 1. The van der Waals surface area contributed by atoms with Crippen molar-refractivity contribution in [3.63, 3.8) is 0 Å². The Morgan fingerprint density at radius 2 is 2.19 bits per heavy atom. The highest BCUT2D eigenvalue weighted by Crippen LogP contribution is 2.17. The largest absolute Gasteiger partial charge is 0.399 e. The topological polar surface area (TPSA) is 72.2 Å². The molecule has 0 heterocycles. The van der Waals surface area contributed by atoms with Crippen LogP contribution in [0.3, 0.4) is 0 Å². The van der Waals surface area contributed by atoms with E-state index in [4.69, 9.17) is 17.3 Å². The Balaban J connectivity index is 3.03. The van der Waals surface area contributed by atoms with Gasteiger partial charge in [0.15, 0.2) is 0 Å². The normalized spacial score (nSPS) is 11.4. The molecular formula is C9H10ClFN2O2S. The number of halogens is 2. The van der Waals surface area contributed by atoms with Gasteiger partial charge in [-0.1, -0.05) is 18.2 Å². The van der Waals surface area contributed by atoms with E-state index in [-0.39, 0.29) is 17.3 Å². The molecule has 0 spiro atoms. The first-order valence-corrected chi connectivity index (χ1v) is 6.07. The number of nitrogens with one attached hydrogen (secondary N) is 1. The summed E-state index contributed by atoms with van der Waals surface area (Å²) in [7, 11) is -3.93. The Hall–Kier alpha value is -1.11. The fourth-order valence-electron chi connectivity index (χ4n) is 0.986. The second-order valence-corrected chi connectivity index (χ2v) is 5.30. The van der Waals surface area contributed by atoms with Crippen molar-refractivity contribution in [2.45, 2.75) is 4.90 Å². The van der Waals surface area contributed by atoms with Gasteiger partial charge in [0, 0.05) is 17.3 Å². The molecule has 0 aliphatic carbocycles. The molecule has 0 aromatic heterocycles. The molecule has 0 aliphatic rings. The van der Waals surface area contributed by atoms with E-state index in [0.29, 0.717) is 0 Å². The number of rotatable bonds is 4. The smallest absolute Gasteiger partial charge is 0.243 e. The third kappa shape index (κ3) is 3.19. The zero-order valence-electron chi connectivity index (χ0n) is 8.20. The number of hydrogen-bond acceptors (Lipinski definition) is 3. The van der Waals surface area contributed by atoms with Gasteiger partial charge in [-0.15, -0.1) is 0 Å². The lowest BCUT2D eigenvalue weighted by Crippen LogP contribution is -2.25. The summed E-state index contributed by atoms with van der Waals surface area (Å²) < 4.78 is 38.6. The molecule has 4 nitrogen and oxygen atoms in total. The number of benzene rings is 1. The Morgan fingerprint density at radius 1 is 1.56 bits per heavy atom. The minimum atomic E-state index is -3.93. The number of anilines is 1. The van der Waals surface area contributed by atoms with Gasteiger partial charge in [0.05, 0.1) is 0 Å². The monoisotopic (exact) mass is 264 g/mol. The highest BCUT2D eigenvalue weighted by molar-refractivity contribution is 7.89. The fourth-order valence-corrected chi connectivity index (χ4v) is 2.21. The van der Waals surface area contributed by atoms with Crippen LogP contribution in [0.2, 0.25) is 0 Å². The zero-order valence-corrected chi connectivity index (χ0v) is 9.78. The molecule has 0 amide bonds. The molecule has 1 rings (SSSR count). The van der Waals surface area contributed by atoms with Gasteiger partial charge in [-0.2, -0.15) is 0 Å². The lowest BCUT2D eigenvalue weighted by atomic mass is 10.3. The van der Waals surface area contributed by atoms with Gasteiger partial charge in [-0.05, 0) is 18.2 Å². The highest BCUT2D eigenvalue weighted by Gasteiger charge is 2.18. The van der Waals surface area contributed by atoms with Gasteiger partial charge < -0.3 is 5.73 Å². The molecule has 16 heavy (non-hydrogen) atoms. The van der Waals surface area contributed by atoms with Gasteiger partial charge in [0.2, 0.25) is 10.0 Å². The molecule has 0 saturated heterocycles. The average molecular weight is 265 g/mol. The van der Waals surface area contributed by atoms with Crippen molar-refractivity contribution in [1.82, 2.24) is 4.72 Å². The summed E-state index contributed by atoms with van der Waals surface area (Å²) in [5.41, 5.74) is 5.45. The van der Waals surface area contributed by atoms with Crippen molar-refractivity contribution < 1.29 is 12.8 Å². The van der Waals surface area contributed by atoms with Gasteiger partial charge in [0.1, 0.15) is 10.7 Å². The average Bonchev–Trinajstić information content (AvgIpc) is 2.14. The summed E-state index contributed by atoms with van der Waals surface area (Å²) in [5.74, 6) is -0.910. The van der Waals surface area contributed by atoms with E-state index in [9.17, 15) is 12.8 Å². The first-order valence-electron chi connectivity index (χ1n) is 4.21. The van der Waals surface area contributed by atoms with E-state index in [1.165, 1.54) is 6.07 Å². The summed E-state index contributed by atoms with van der Waals surface area (Å²) in [4.78, 5) is -0.473. The van der Waals surface area contributed by atoms with Crippen LogP contribution in [0, 0.1) is 5.82 Å². The molecule has 0 fully saturated rings. The summed E-state index contributed by atoms with van der Waals surface area (Å²) in [5, 5.41) is 0.111. The number of nitrogens with two attached hydrogens (primary N) is 1. The maximum atomic E-state index is 13.3. The van der Waals surface area contributed by atoms with Crippen molar-refractivity contribution in [2.75, 3.05) is 12.3 Å². The SMILES string of the molecule is C=C(Cl)CNS(=O)(=O)c1ccc(N)cc1F. The Morgan fingerprint density at radius 3 is 2.69 bits per heavy atom. The summed E-state index contributed by atoms with van der Waals surface area (Å²) in [6.07, 6.45) is 0. The predicted octanol–water partition coefficient (Wildman–Crippen LogP) is 1.44. The van der Waals surface area contributed by atoms with Crippen molar-refractivity contribution >= 4 is 27.3 Å². The van der Waals surface area contributed by atoms with Crippen LogP contribution in [-0.2, 0) is 10.0 Å². The fraction of sp³-hybridized carbons (Fsp3) is 0.111. The maximum absolute atomic E-state index is 13.3. The van der Waals surface area contributed by atoms with Gasteiger partial charge in [-0.25, -0.2) is 17.5 Å². The van der Waals surface area contributed by atoms with Gasteiger partial charge in [-0.3, -0.25) is 0 Å². The van der Waals surface area contributed by atoms with Crippen LogP contribution in [0.5, 0.6) is 0 Å². The van der Waals surface area contributed by atoms with Crippen LogP contribution in [-0.4, -0.2) is 15.0 Å². The highest BCUT2D eigenvalue weighted by atomic mass is 35.5. The minimum Gasteiger partial charge on any atom is -0.399 e. The van der Waals surface area contributed by atoms with Gasteiger partial charge in [0.25, 0.3) is 0 Å². The first kappa shape index (κ1) is 13.0. The Bertz CT molecular complexity index is 516. The molecule has 1 aromatic carbocycles. The first-order chi connectivity index (χ1) is 7.33. The van der Waals surface area contributed by atoms with E-state index in [2.05, 4.69) is 11.3 Å². The van der Waals surface area contributed by atoms with Crippen LogP contribution in [0.15, 0.2) is 34.7 Å². The second-order valence-electron chi connectivity index (χ2n) is 3.03. The molecular weight excluding hydrogens is 255 g/mol. The lowest BCUT2D eigenvalue weighted by molar-refractivity contribution is 0.560. The van der Waals surface area contributed by atoms with Crippen molar-refractivity contribution in [1.29, 1.82) is 0 Å². The van der Waals surface area contributed by atoms with Crippen molar-refractivity contribution in [3.05, 3.63) is 35.6 Å². The van der Waals surface area contributed by atoms with E-state index in [1.54, 1.807) is 0 Å². The maximum Gasteiger partial charge on any atom is 0.243 e. The quantitative estimate of drug-likeness (QED) is 0.809. The molecule has 0 radical (unpaired) electrons. The predicted molar refractivity (Wildman–Crippen MR) is 61.0 cm³/mol. The Labute approximate surface area is 98.0 Å². The van der Waals surface area contributed by atoms with Crippen LogP contribution in [0.4, 0.5) is 10.1 Å². The van der Waals surface area contributed by atoms with Crippen LogP contribution >= 0.6 is 11.6 Å². The molecule has 0 bridgehead atoms. The van der Waals surface area contributed by atoms with Crippen LogP contribution in [0.25, 0.3) is 0 Å². The summed E-state index contributed by atoms with van der Waals surface area (Å²) in [6, 6.07) is 3.32. The van der Waals surface area contributed by atoms with Crippen LogP contribution in [0.1, 0.15) is 0 Å². The molecule has 1 aromatic rings. The standard InChI is InChI=1S/C9H10ClFN2O2S/c1-6(10)5-13-16(14,15)9-3-2-7(12)4-8(9)11/h2-4,13H,1,5,12H2. The molecule has 7 heteroatoms. The minimum absolute atomic E-state index is 0.111. The lowest BCUT2D eigenvalue weighted by Gasteiger charge is -2.07. The summed E-state index contributed by atoms with van der Waals surface area (Å²) >= 11 is 5.40. The van der Waals surface area contributed by atoms with Gasteiger partial charge >= 0.3 is 0 Å². The molecule has 0 atom stereocenters. The van der Waals surface area contributed by atoms with E-state index < -0.39 is 20.7 Å². The number of hydrogen-bond donors (Lipinski definition) is 2. The molecule has 3 N–H and O–H groups in total. The van der Waals surface area contributed by atoms with E-state index in [1.807, 2.05) is 0 Å². The third-order valence-corrected chi connectivity index (χ3v) is 3.27.